The Morgan fingerprint density at radius 1 is 1.62 bits per heavy atom. The Morgan fingerprint density at radius 3 is 3.19 bits per heavy atom. The Morgan fingerprint density at radius 2 is 2.50 bits per heavy atom. The molecule has 90 valence electrons. The molecule has 2 rings (SSSR count). The van der Waals surface area contributed by atoms with E-state index in [0.717, 1.165) is 18.8 Å². The van der Waals surface area contributed by atoms with Gasteiger partial charge in [-0.25, -0.2) is 4.98 Å². The molecular formula is C11H19N3O2. The zero-order chi connectivity index (χ0) is 11.4. The summed E-state index contributed by atoms with van der Waals surface area (Å²) in [5.41, 5.74) is 6.10. The van der Waals surface area contributed by atoms with Gasteiger partial charge in [0.05, 0.1) is 25.9 Å². The molecule has 2 N–H and O–H groups in total. The van der Waals surface area contributed by atoms with Crippen LogP contribution in [-0.4, -0.2) is 41.5 Å². The van der Waals surface area contributed by atoms with E-state index < -0.39 is 0 Å². The second-order valence-electron chi connectivity index (χ2n) is 3.98. The van der Waals surface area contributed by atoms with Crippen LogP contribution in [0.1, 0.15) is 12.7 Å². The summed E-state index contributed by atoms with van der Waals surface area (Å²) < 4.78 is 13.0. The number of aryl methyl sites for hydroxylation is 1. The van der Waals surface area contributed by atoms with Crippen LogP contribution < -0.4 is 5.73 Å². The van der Waals surface area contributed by atoms with E-state index in [-0.39, 0.29) is 12.1 Å². The van der Waals surface area contributed by atoms with Gasteiger partial charge in [0.2, 0.25) is 0 Å². The second-order valence-corrected chi connectivity index (χ2v) is 3.98. The average molecular weight is 225 g/mol. The number of nitrogens with zero attached hydrogens (tertiary/aromatic N) is 2. The molecule has 0 aliphatic carbocycles. The van der Waals surface area contributed by atoms with Crippen molar-refractivity contribution >= 4 is 0 Å². The summed E-state index contributed by atoms with van der Waals surface area (Å²) in [5.74, 6) is 1.02. The standard InChI is InChI=1S/C11H19N3O2/c1-2-14-4-3-13-11(14)7-9(12)10-8-15-5-6-16-10/h3-4,9-10H,2,5-8,12H2,1H3. The Hall–Kier alpha value is -0.910. The quantitative estimate of drug-likeness (QED) is 0.794. The molecule has 1 fully saturated rings. The lowest BCUT2D eigenvalue weighted by molar-refractivity contribution is -0.0969. The van der Waals surface area contributed by atoms with Gasteiger partial charge in [-0.15, -0.1) is 0 Å². The molecule has 1 aliphatic heterocycles. The first-order valence-corrected chi connectivity index (χ1v) is 5.76. The van der Waals surface area contributed by atoms with Crippen LogP contribution in [0.4, 0.5) is 0 Å². The van der Waals surface area contributed by atoms with Gasteiger partial charge >= 0.3 is 0 Å². The van der Waals surface area contributed by atoms with Crippen LogP contribution in [0.5, 0.6) is 0 Å². The minimum absolute atomic E-state index is 0.00393. The third-order valence-corrected chi connectivity index (χ3v) is 2.88. The Balaban J connectivity index is 1.93. The molecule has 5 heteroatoms. The SMILES string of the molecule is CCn1ccnc1CC(N)C1COCCO1. The predicted molar refractivity (Wildman–Crippen MR) is 60.1 cm³/mol. The molecule has 0 aromatic carbocycles. The third kappa shape index (κ3) is 2.61. The molecule has 16 heavy (non-hydrogen) atoms. The van der Waals surface area contributed by atoms with Crippen LogP contribution in [0.3, 0.4) is 0 Å². The maximum Gasteiger partial charge on any atom is 0.110 e. The molecule has 2 unspecified atom stereocenters. The lowest BCUT2D eigenvalue weighted by atomic mass is 10.1. The van der Waals surface area contributed by atoms with E-state index in [9.17, 15) is 0 Å². The molecule has 5 nitrogen and oxygen atoms in total. The molecule has 1 aromatic rings. The highest BCUT2D eigenvalue weighted by Gasteiger charge is 2.23. The van der Waals surface area contributed by atoms with Gasteiger partial charge in [0, 0.05) is 31.4 Å². The zero-order valence-corrected chi connectivity index (χ0v) is 9.63. The van der Waals surface area contributed by atoms with E-state index in [4.69, 9.17) is 15.2 Å². The van der Waals surface area contributed by atoms with Crippen molar-refractivity contribution < 1.29 is 9.47 Å². The Bertz CT molecular complexity index is 321. The lowest BCUT2D eigenvalue weighted by Crippen LogP contribution is -2.45. The van der Waals surface area contributed by atoms with Gasteiger partial charge in [-0.3, -0.25) is 0 Å². The summed E-state index contributed by atoms with van der Waals surface area (Å²) in [5, 5.41) is 0. The number of hydrogen-bond donors (Lipinski definition) is 1. The lowest BCUT2D eigenvalue weighted by Gasteiger charge is -2.27. The van der Waals surface area contributed by atoms with Crippen LogP contribution in [0.2, 0.25) is 0 Å². The minimum Gasteiger partial charge on any atom is -0.376 e. The summed E-state index contributed by atoms with van der Waals surface area (Å²) in [6.45, 7) is 4.92. The maximum absolute atomic E-state index is 6.10. The summed E-state index contributed by atoms with van der Waals surface area (Å²) in [6.07, 6.45) is 4.51. The van der Waals surface area contributed by atoms with E-state index in [1.54, 1.807) is 0 Å². The predicted octanol–water partition coefficient (Wildman–Crippen LogP) is 0.188. The van der Waals surface area contributed by atoms with E-state index in [1.807, 2.05) is 12.4 Å². The van der Waals surface area contributed by atoms with Crippen LogP contribution in [0, 0.1) is 0 Å². The fourth-order valence-electron chi connectivity index (χ4n) is 1.91. The van der Waals surface area contributed by atoms with Gasteiger partial charge in [-0.1, -0.05) is 0 Å². The van der Waals surface area contributed by atoms with Gasteiger partial charge in [-0.05, 0) is 6.92 Å². The van der Waals surface area contributed by atoms with Gasteiger partial charge in [-0.2, -0.15) is 0 Å². The van der Waals surface area contributed by atoms with Gasteiger partial charge in [0.15, 0.2) is 0 Å². The normalized spacial score (nSPS) is 23.2. The summed E-state index contributed by atoms with van der Waals surface area (Å²) in [7, 11) is 0. The second kappa shape index (κ2) is 5.43. The van der Waals surface area contributed by atoms with Crippen molar-refractivity contribution in [3.8, 4) is 0 Å². The Labute approximate surface area is 95.6 Å². The third-order valence-electron chi connectivity index (χ3n) is 2.88. The molecule has 0 spiro atoms. The van der Waals surface area contributed by atoms with Crippen molar-refractivity contribution in [3.63, 3.8) is 0 Å². The van der Waals surface area contributed by atoms with Crippen molar-refractivity contribution in [1.82, 2.24) is 9.55 Å². The first-order valence-electron chi connectivity index (χ1n) is 5.76. The van der Waals surface area contributed by atoms with Crippen molar-refractivity contribution in [2.45, 2.75) is 32.0 Å². The van der Waals surface area contributed by atoms with Crippen molar-refractivity contribution in [2.24, 2.45) is 5.73 Å². The average Bonchev–Trinajstić information content (AvgIpc) is 2.77. The Kier molecular flexibility index (Phi) is 3.93. The fraction of sp³-hybridized carbons (Fsp3) is 0.727. The highest BCUT2D eigenvalue weighted by Crippen LogP contribution is 2.09. The van der Waals surface area contributed by atoms with Gasteiger partial charge in [0.25, 0.3) is 0 Å². The molecular weight excluding hydrogens is 206 g/mol. The van der Waals surface area contributed by atoms with E-state index in [1.165, 1.54) is 0 Å². The summed E-state index contributed by atoms with van der Waals surface area (Å²) >= 11 is 0. The van der Waals surface area contributed by atoms with Crippen molar-refractivity contribution in [2.75, 3.05) is 19.8 Å². The summed E-state index contributed by atoms with van der Waals surface area (Å²) in [4.78, 5) is 4.31. The molecule has 0 saturated carbocycles. The molecule has 2 atom stereocenters. The van der Waals surface area contributed by atoms with Crippen molar-refractivity contribution in [1.29, 1.82) is 0 Å². The van der Waals surface area contributed by atoms with Gasteiger partial charge in [0.1, 0.15) is 5.82 Å². The monoisotopic (exact) mass is 225 g/mol. The molecule has 0 amide bonds. The maximum atomic E-state index is 6.10. The largest absolute Gasteiger partial charge is 0.376 e. The smallest absolute Gasteiger partial charge is 0.110 e. The summed E-state index contributed by atoms with van der Waals surface area (Å²) in [6, 6.07) is -0.0481. The van der Waals surface area contributed by atoms with Crippen LogP contribution in [0.15, 0.2) is 12.4 Å². The number of nitrogens with two attached hydrogens (primary N) is 1. The van der Waals surface area contributed by atoms with Crippen LogP contribution in [0.25, 0.3) is 0 Å². The van der Waals surface area contributed by atoms with E-state index in [0.29, 0.717) is 19.8 Å². The first kappa shape index (κ1) is 11.6. The topological polar surface area (TPSA) is 62.3 Å². The van der Waals surface area contributed by atoms with Gasteiger partial charge < -0.3 is 19.8 Å². The molecule has 0 bridgehead atoms. The highest BCUT2D eigenvalue weighted by atomic mass is 16.6. The molecule has 2 heterocycles. The van der Waals surface area contributed by atoms with Crippen LogP contribution in [-0.2, 0) is 22.4 Å². The minimum atomic E-state index is -0.0481. The van der Waals surface area contributed by atoms with Crippen molar-refractivity contribution in [3.05, 3.63) is 18.2 Å². The number of rotatable bonds is 4. The molecule has 1 aromatic heterocycles. The van der Waals surface area contributed by atoms with Crippen LogP contribution >= 0.6 is 0 Å². The van der Waals surface area contributed by atoms with E-state index >= 15 is 0 Å². The number of ether oxygens (including phenoxy) is 2. The van der Waals surface area contributed by atoms with E-state index in [2.05, 4.69) is 16.5 Å². The number of hydrogen-bond acceptors (Lipinski definition) is 4. The number of imidazole rings is 1. The molecule has 1 saturated heterocycles. The number of aromatic nitrogens is 2. The molecule has 0 radical (unpaired) electrons. The zero-order valence-electron chi connectivity index (χ0n) is 9.63. The highest BCUT2D eigenvalue weighted by molar-refractivity contribution is 4.96. The molecule has 1 aliphatic rings. The fourth-order valence-corrected chi connectivity index (χ4v) is 1.91. The first-order chi connectivity index (χ1) is 7.81.